The molecule has 0 aromatic heterocycles. The average Bonchev–Trinajstić information content (AvgIpc) is 2.52. The number of halogens is 1. The molecule has 0 aliphatic carbocycles. The van der Waals surface area contributed by atoms with Gasteiger partial charge in [0.05, 0.1) is 23.5 Å². The quantitative estimate of drug-likeness (QED) is 0.854. The fourth-order valence-corrected chi connectivity index (χ4v) is 3.42. The first kappa shape index (κ1) is 18.3. The van der Waals surface area contributed by atoms with E-state index in [2.05, 4.69) is 5.32 Å². The van der Waals surface area contributed by atoms with Gasteiger partial charge in [-0.15, -0.1) is 0 Å². The SMILES string of the molecule is Cc1ccc(C(=O)NCCN(c2ccccc2Cl)S(C)(=O)=O)cc1. The molecule has 128 valence electrons. The van der Waals surface area contributed by atoms with E-state index in [-0.39, 0.29) is 19.0 Å². The van der Waals surface area contributed by atoms with Crippen LogP contribution in [0.3, 0.4) is 0 Å². The monoisotopic (exact) mass is 366 g/mol. The Morgan fingerprint density at radius 1 is 1.12 bits per heavy atom. The zero-order valence-electron chi connectivity index (χ0n) is 13.5. The van der Waals surface area contributed by atoms with Gasteiger partial charge in [0.1, 0.15) is 0 Å². The molecule has 0 saturated heterocycles. The van der Waals surface area contributed by atoms with Gasteiger partial charge in [0.2, 0.25) is 10.0 Å². The summed E-state index contributed by atoms with van der Waals surface area (Å²) in [5.74, 6) is -0.248. The van der Waals surface area contributed by atoms with Crippen molar-refractivity contribution in [3.63, 3.8) is 0 Å². The fourth-order valence-electron chi connectivity index (χ4n) is 2.20. The number of aryl methyl sites for hydroxylation is 1. The Labute approximate surface area is 147 Å². The summed E-state index contributed by atoms with van der Waals surface area (Å²) in [6, 6.07) is 13.9. The second-order valence-electron chi connectivity index (χ2n) is 5.41. The molecule has 0 radical (unpaired) electrons. The van der Waals surface area contributed by atoms with Crippen molar-refractivity contribution in [1.82, 2.24) is 5.32 Å². The van der Waals surface area contributed by atoms with Gasteiger partial charge in [-0.2, -0.15) is 0 Å². The summed E-state index contributed by atoms with van der Waals surface area (Å²) in [6.07, 6.45) is 1.11. The molecule has 0 aliphatic rings. The van der Waals surface area contributed by atoms with Gasteiger partial charge in [0.25, 0.3) is 5.91 Å². The van der Waals surface area contributed by atoms with Crippen LogP contribution in [-0.2, 0) is 10.0 Å². The third kappa shape index (κ3) is 4.72. The summed E-state index contributed by atoms with van der Waals surface area (Å²) in [4.78, 5) is 12.1. The normalized spacial score (nSPS) is 11.1. The topological polar surface area (TPSA) is 66.5 Å². The van der Waals surface area contributed by atoms with Crippen LogP contribution in [0.25, 0.3) is 0 Å². The van der Waals surface area contributed by atoms with Crippen molar-refractivity contribution < 1.29 is 13.2 Å². The van der Waals surface area contributed by atoms with Crippen LogP contribution in [-0.4, -0.2) is 33.7 Å². The van der Waals surface area contributed by atoms with E-state index in [1.54, 1.807) is 36.4 Å². The highest BCUT2D eigenvalue weighted by Crippen LogP contribution is 2.26. The van der Waals surface area contributed by atoms with Gasteiger partial charge in [-0.3, -0.25) is 9.10 Å². The third-order valence-electron chi connectivity index (χ3n) is 3.44. The zero-order valence-corrected chi connectivity index (χ0v) is 15.1. The lowest BCUT2D eigenvalue weighted by Gasteiger charge is -2.23. The Hall–Kier alpha value is -2.05. The maximum Gasteiger partial charge on any atom is 0.251 e. The number of benzene rings is 2. The molecule has 0 spiro atoms. The van der Waals surface area contributed by atoms with Crippen molar-refractivity contribution in [2.24, 2.45) is 0 Å². The van der Waals surface area contributed by atoms with E-state index < -0.39 is 10.0 Å². The van der Waals surface area contributed by atoms with Crippen molar-refractivity contribution in [1.29, 1.82) is 0 Å². The number of hydrogen-bond acceptors (Lipinski definition) is 3. The fraction of sp³-hybridized carbons (Fsp3) is 0.235. The highest BCUT2D eigenvalue weighted by atomic mass is 35.5. The number of carbonyl (C=O) groups is 1. The maximum atomic E-state index is 12.1. The Morgan fingerprint density at radius 3 is 2.33 bits per heavy atom. The van der Waals surface area contributed by atoms with Gasteiger partial charge in [0, 0.05) is 12.1 Å². The number of para-hydroxylation sites is 1. The Kier molecular flexibility index (Phi) is 5.85. The van der Waals surface area contributed by atoms with Gasteiger partial charge >= 0.3 is 0 Å². The lowest BCUT2D eigenvalue weighted by atomic mass is 10.1. The predicted molar refractivity (Wildman–Crippen MR) is 97.2 cm³/mol. The first-order chi connectivity index (χ1) is 11.3. The average molecular weight is 367 g/mol. The highest BCUT2D eigenvalue weighted by Gasteiger charge is 2.19. The molecule has 2 aromatic rings. The van der Waals surface area contributed by atoms with Crippen molar-refractivity contribution in [2.75, 3.05) is 23.7 Å². The van der Waals surface area contributed by atoms with Crippen LogP contribution < -0.4 is 9.62 Å². The summed E-state index contributed by atoms with van der Waals surface area (Å²) in [5, 5.41) is 3.06. The van der Waals surface area contributed by atoms with Crippen LogP contribution in [0, 0.1) is 6.92 Å². The molecule has 0 heterocycles. The lowest BCUT2D eigenvalue weighted by molar-refractivity contribution is 0.0955. The molecule has 7 heteroatoms. The molecular formula is C17H19ClN2O3S. The molecule has 2 aromatic carbocycles. The number of amides is 1. The number of carbonyl (C=O) groups excluding carboxylic acids is 1. The van der Waals surface area contributed by atoms with Gasteiger partial charge in [0.15, 0.2) is 0 Å². The molecule has 0 saturated carbocycles. The first-order valence-electron chi connectivity index (χ1n) is 7.36. The smallest absolute Gasteiger partial charge is 0.251 e. The number of nitrogens with one attached hydrogen (secondary N) is 1. The number of hydrogen-bond donors (Lipinski definition) is 1. The van der Waals surface area contributed by atoms with Crippen molar-refractivity contribution >= 4 is 33.2 Å². The second kappa shape index (κ2) is 7.68. The van der Waals surface area contributed by atoms with Crippen LogP contribution in [0.5, 0.6) is 0 Å². The van der Waals surface area contributed by atoms with Crippen LogP contribution in [0.1, 0.15) is 15.9 Å². The molecule has 5 nitrogen and oxygen atoms in total. The zero-order chi connectivity index (χ0) is 17.7. The molecule has 0 fully saturated rings. The van der Waals surface area contributed by atoms with E-state index in [0.717, 1.165) is 11.8 Å². The summed E-state index contributed by atoms with van der Waals surface area (Å²) in [7, 11) is -3.51. The Morgan fingerprint density at radius 2 is 1.75 bits per heavy atom. The largest absolute Gasteiger partial charge is 0.350 e. The van der Waals surface area contributed by atoms with E-state index in [9.17, 15) is 13.2 Å². The van der Waals surface area contributed by atoms with Gasteiger partial charge in [-0.25, -0.2) is 8.42 Å². The molecule has 0 unspecified atom stereocenters. The summed E-state index contributed by atoms with van der Waals surface area (Å²) < 4.78 is 25.2. The van der Waals surface area contributed by atoms with E-state index in [1.807, 2.05) is 19.1 Å². The molecule has 0 atom stereocenters. The van der Waals surface area contributed by atoms with Gasteiger partial charge < -0.3 is 5.32 Å². The van der Waals surface area contributed by atoms with Crippen LogP contribution in [0.2, 0.25) is 5.02 Å². The summed E-state index contributed by atoms with van der Waals surface area (Å²) >= 11 is 6.08. The molecule has 2 rings (SSSR count). The summed E-state index contributed by atoms with van der Waals surface area (Å²) in [6.45, 7) is 2.21. The number of nitrogens with zero attached hydrogens (tertiary/aromatic N) is 1. The lowest BCUT2D eigenvalue weighted by Crippen LogP contribution is -2.38. The number of sulfonamides is 1. The van der Waals surface area contributed by atoms with Crippen LogP contribution in [0.15, 0.2) is 48.5 Å². The summed E-state index contributed by atoms with van der Waals surface area (Å²) in [5.41, 5.74) is 1.99. The molecule has 1 amide bonds. The van der Waals surface area contributed by atoms with Crippen LogP contribution >= 0.6 is 11.6 Å². The van der Waals surface area contributed by atoms with Crippen LogP contribution in [0.4, 0.5) is 5.69 Å². The standard InChI is InChI=1S/C17H19ClN2O3S/c1-13-7-9-14(10-8-13)17(21)19-11-12-20(24(2,22)23)16-6-4-3-5-15(16)18/h3-10H,11-12H2,1-2H3,(H,19,21). The van der Waals surface area contributed by atoms with E-state index >= 15 is 0 Å². The minimum absolute atomic E-state index is 0.0974. The maximum absolute atomic E-state index is 12.1. The third-order valence-corrected chi connectivity index (χ3v) is 4.94. The predicted octanol–water partition coefficient (Wildman–Crippen LogP) is 2.84. The minimum atomic E-state index is -3.51. The van der Waals surface area contributed by atoms with Crippen molar-refractivity contribution in [2.45, 2.75) is 6.92 Å². The Balaban J connectivity index is 2.05. The van der Waals surface area contributed by atoms with E-state index in [4.69, 9.17) is 11.6 Å². The van der Waals surface area contributed by atoms with Crippen molar-refractivity contribution in [3.8, 4) is 0 Å². The molecule has 1 N–H and O–H groups in total. The molecule has 24 heavy (non-hydrogen) atoms. The molecule has 0 aliphatic heterocycles. The number of anilines is 1. The van der Waals surface area contributed by atoms with Crippen molar-refractivity contribution in [3.05, 3.63) is 64.7 Å². The highest BCUT2D eigenvalue weighted by molar-refractivity contribution is 7.92. The van der Waals surface area contributed by atoms with Gasteiger partial charge in [-0.1, -0.05) is 41.4 Å². The first-order valence-corrected chi connectivity index (χ1v) is 9.59. The number of rotatable bonds is 6. The van der Waals surface area contributed by atoms with E-state index in [1.165, 1.54) is 4.31 Å². The molecule has 0 bridgehead atoms. The van der Waals surface area contributed by atoms with Gasteiger partial charge in [-0.05, 0) is 31.2 Å². The molecular weight excluding hydrogens is 348 g/mol. The minimum Gasteiger partial charge on any atom is -0.350 e. The Bertz CT molecular complexity index is 820. The second-order valence-corrected chi connectivity index (χ2v) is 7.72. The van der Waals surface area contributed by atoms with E-state index in [0.29, 0.717) is 16.3 Å².